The van der Waals surface area contributed by atoms with Crippen LogP contribution in [0.5, 0.6) is 0 Å². The molecule has 2 unspecified atom stereocenters. The van der Waals surface area contributed by atoms with Crippen molar-refractivity contribution < 1.29 is 38.0 Å². The van der Waals surface area contributed by atoms with E-state index in [1.54, 1.807) is 6.92 Å². The molecule has 7 nitrogen and oxygen atoms in total. The second kappa shape index (κ2) is 6.72. The molecule has 182 valence electrons. The van der Waals surface area contributed by atoms with Gasteiger partial charge < -0.3 is 28.8 Å². The zero-order valence-corrected chi connectivity index (χ0v) is 19.5. The molecular formula is C25H33FO7. The van der Waals surface area contributed by atoms with Crippen molar-refractivity contribution in [3.05, 3.63) is 11.6 Å². The van der Waals surface area contributed by atoms with Crippen LogP contribution in [-0.4, -0.2) is 60.5 Å². The minimum atomic E-state index is -1.94. The van der Waals surface area contributed by atoms with Gasteiger partial charge in [0.1, 0.15) is 24.2 Å². The Morgan fingerprint density at radius 2 is 1.91 bits per heavy atom. The predicted octanol–water partition coefficient (Wildman–Crippen LogP) is 2.70. The van der Waals surface area contributed by atoms with Crippen molar-refractivity contribution in [3.63, 3.8) is 0 Å². The molecule has 5 fully saturated rings. The molecule has 10 atom stereocenters. The fraction of sp³-hybridized carbons (Fsp3) is 0.840. The first-order valence-corrected chi connectivity index (χ1v) is 12.2. The van der Waals surface area contributed by atoms with Crippen LogP contribution < -0.4 is 0 Å². The summed E-state index contributed by atoms with van der Waals surface area (Å²) in [4.78, 5) is 24.0. The van der Waals surface area contributed by atoms with Gasteiger partial charge in [-0.05, 0) is 50.0 Å². The van der Waals surface area contributed by atoms with Crippen LogP contribution in [0, 0.1) is 34.5 Å². The van der Waals surface area contributed by atoms with Gasteiger partial charge in [-0.1, -0.05) is 26.3 Å². The lowest BCUT2D eigenvalue weighted by Gasteiger charge is -2.64. The van der Waals surface area contributed by atoms with Crippen molar-refractivity contribution in [1.29, 1.82) is 0 Å². The number of ether oxygens (including phenoxy) is 4. The van der Waals surface area contributed by atoms with E-state index >= 15 is 4.39 Å². The number of rotatable bonds is 1. The van der Waals surface area contributed by atoms with Gasteiger partial charge in [0, 0.05) is 16.7 Å². The minimum Gasteiger partial charge on any atom is -0.390 e. The van der Waals surface area contributed by atoms with E-state index in [9.17, 15) is 14.7 Å². The molecule has 0 aromatic carbocycles. The molecule has 6 rings (SSSR count). The third kappa shape index (κ3) is 2.28. The van der Waals surface area contributed by atoms with Gasteiger partial charge in [0.15, 0.2) is 19.4 Å². The summed E-state index contributed by atoms with van der Waals surface area (Å²) in [6, 6.07) is 0. The van der Waals surface area contributed by atoms with E-state index < -0.39 is 45.8 Å². The van der Waals surface area contributed by atoms with Crippen molar-refractivity contribution in [1.82, 2.24) is 0 Å². The fourth-order valence-corrected chi connectivity index (χ4v) is 9.33. The van der Waals surface area contributed by atoms with Crippen LogP contribution in [0.2, 0.25) is 0 Å². The van der Waals surface area contributed by atoms with Crippen molar-refractivity contribution >= 4 is 12.1 Å². The molecule has 0 aromatic rings. The number of fused-ring (bicyclic) bond motifs is 7. The SMILES string of the molecule is C[C@H]1C[C@H]2[C@@H]3CCC4=CC(=O)C(C=O)C[C@]4(C)[C@@]3(F)[C@@H](O)C[C@]2(C)[C@]12OCOC21COCO1. The third-order valence-electron chi connectivity index (χ3n) is 10.7. The molecule has 0 amide bonds. The maximum atomic E-state index is 17.5. The van der Waals surface area contributed by atoms with Crippen LogP contribution in [0.4, 0.5) is 4.39 Å². The summed E-state index contributed by atoms with van der Waals surface area (Å²) in [7, 11) is 0. The molecule has 8 heteroatoms. The molecule has 3 saturated carbocycles. The molecule has 2 heterocycles. The van der Waals surface area contributed by atoms with Gasteiger partial charge in [-0.3, -0.25) is 4.79 Å². The quantitative estimate of drug-likeness (QED) is 0.471. The van der Waals surface area contributed by atoms with E-state index in [4.69, 9.17) is 18.9 Å². The van der Waals surface area contributed by atoms with Gasteiger partial charge in [0.25, 0.3) is 0 Å². The van der Waals surface area contributed by atoms with Gasteiger partial charge in [-0.2, -0.15) is 0 Å². The average molecular weight is 465 g/mol. The summed E-state index contributed by atoms with van der Waals surface area (Å²) in [5.41, 5.74) is -3.71. The largest absolute Gasteiger partial charge is 0.390 e. The maximum absolute atomic E-state index is 17.5. The number of aldehydes is 1. The Bertz CT molecular complexity index is 924. The smallest absolute Gasteiger partial charge is 0.227 e. The van der Waals surface area contributed by atoms with Gasteiger partial charge in [0.2, 0.25) is 5.79 Å². The summed E-state index contributed by atoms with van der Waals surface area (Å²) >= 11 is 0. The second-order valence-electron chi connectivity index (χ2n) is 11.7. The highest BCUT2D eigenvalue weighted by atomic mass is 19.1. The van der Waals surface area contributed by atoms with Gasteiger partial charge in [-0.25, -0.2) is 4.39 Å². The molecular weight excluding hydrogens is 431 g/mol. The molecule has 0 radical (unpaired) electrons. The summed E-state index contributed by atoms with van der Waals surface area (Å²) in [6.45, 7) is 6.43. The van der Waals surface area contributed by atoms with Crippen LogP contribution in [0.25, 0.3) is 0 Å². The van der Waals surface area contributed by atoms with E-state index in [2.05, 4.69) is 13.8 Å². The fourth-order valence-electron chi connectivity index (χ4n) is 9.33. The predicted molar refractivity (Wildman–Crippen MR) is 112 cm³/mol. The first-order chi connectivity index (χ1) is 15.6. The normalized spacial score (nSPS) is 57.7. The zero-order chi connectivity index (χ0) is 23.4. The monoisotopic (exact) mass is 464 g/mol. The molecule has 0 bridgehead atoms. The van der Waals surface area contributed by atoms with Crippen molar-refractivity contribution in [2.45, 2.75) is 76.0 Å². The highest BCUT2D eigenvalue weighted by Gasteiger charge is 2.81. The number of hydrogen-bond donors (Lipinski definition) is 1. The zero-order valence-electron chi connectivity index (χ0n) is 19.5. The molecule has 1 N–H and O–H groups in total. The van der Waals surface area contributed by atoms with Crippen LogP contribution in [-0.2, 0) is 28.5 Å². The number of hydrogen-bond acceptors (Lipinski definition) is 7. The number of allylic oxidation sites excluding steroid dienone is 1. The highest BCUT2D eigenvalue weighted by Crippen LogP contribution is 2.74. The summed E-state index contributed by atoms with van der Waals surface area (Å²) in [6.07, 6.45) is 2.98. The molecule has 0 aromatic heterocycles. The number of aliphatic hydroxyl groups excluding tert-OH is 1. The van der Waals surface area contributed by atoms with Gasteiger partial charge >= 0.3 is 0 Å². The molecule has 2 saturated heterocycles. The van der Waals surface area contributed by atoms with Crippen LogP contribution in [0.15, 0.2) is 11.6 Å². The average Bonchev–Trinajstić information content (AvgIpc) is 3.46. The first-order valence-electron chi connectivity index (χ1n) is 12.2. The van der Waals surface area contributed by atoms with Crippen molar-refractivity contribution in [2.75, 3.05) is 20.2 Å². The van der Waals surface area contributed by atoms with E-state index in [0.29, 0.717) is 19.1 Å². The number of aliphatic hydroxyl groups is 1. The Morgan fingerprint density at radius 3 is 2.61 bits per heavy atom. The van der Waals surface area contributed by atoms with E-state index in [-0.39, 0.29) is 50.7 Å². The number of carbonyl (C=O) groups is 2. The third-order valence-corrected chi connectivity index (χ3v) is 10.7. The van der Waals surface area contributed by atoms with E-state index in [1.165, 1.54) is 6.08 Å². The van der Waals surface area contributed by atoms with E-state index in [1.807, 2.05) is 0 Å². The van der Waals surface area contributed by atoms with Crippen LogP contribution in [0.1, 0.15) is 52.9 Å². The lowest BCUT2D eigenvalue weighted by molar-refractivity contribution is -0.280. The van der Waals surface area contributed by atoms with E-state index in [0.717, 1.165) is 12.0 Å². The lowest BCUT2D eigenvalue weighted by Crippen LogP contribution is -2.72. The Kier molecular flexibility index (Phi) is 4.54. The highest BCUT2D eigenvalue weighted by molar-refractivity contribution is 6.02. The van der Waals surface area contributed by atoms with Crippen molar-refractivity contribution in [2.24, 2.45) is 34.5 Å². The van der Waals surface area contributed by atoms with Crippen molar-refractivity contribution in [3.8, 4) is 0 Å². The molecule has 33 heavy (non-hydrogen) atoms. The molecule has 6 aliphatic rings. The number of carbonyl (C=O) groups excluding carboxylic acids is 2. The molecule has 4 aliphatic carbocycles. The van der Waals surface area contributed by atoms with Crippen LogP contribution in [0.3, 0.4) is 0 Å². The molecule has 2 spiro atoms. The molecule has 2 aliphatic heterocycles. The second-order valence-corrected chi connectivity index (χ2v) is 11.7. The van der Waals surface area contributed by atoms with Gasteiger partial charge in [0.05, 0.1) is 12.0 Å². The summed E-state index contributed by atoms with van der Waals surface area (Å²) in [5.74, 6) is -2.67. The topological polar surface area (TPSA) is 91.3 Å². The Hall–Kier alpha value is -1.19. The summed E-state index contributed by atoms with van der Waals surface area (Å²) < 4.78 is 41.6. The first kappa shape index (κ1) is 22.3. The van der Waals surface area contributed by atoms with Crippen LogP contribution >= 0.6 is 0 Å². The maximum Gasteiger partial charge on any atom is 0.227 e. The number of alkyl halides is 1. The van der Waals surface area contributed by atoms with Gasteiger partial charge in [-0.15, -0.1) is 0 Å². The summed E-state index contributed by atoms with van der Waals surface area (Å²) in [5, 5.41) is 11.6. The Balaban J connectivity index is 1.47. The minimum absolute atomic E-state index is 0.00616. The lowest BCUT2D eigenvalue weighted by atomic mass is 9.43. The Labute approximate surface area is 193 Å². The Morgan fingerprint density at radius 1 is 1.15 bits per heavy atom. The number of ketones is 1. The number of halogens is 1. The standard InChI is InChI=1S/C25H33FO7/c1-14-6-18-17-5-4-16-7-19(28)15(10-27)8-21(16,2)24(17,26)20(29)9-22(18,3)25(14)23(32-13-33-25)11-30-12-31-23/h7,10,14-15,17-18,20,29H,4-6,8-9,11-13H2,1-3H3/t14-,15?,17-,18-,20-,21-,22-,23?,24-,25+/m0/s1.